The molecule has 0 unspecified atom stereocenters. The van der Waals surface area contributed by atoms with Crippen molar-refractivity contribution in [3.63, 3.8) is 0 Å². The van der Waals surface area contributed by atoms with Crippen LogP contribution in [0.3, 0.4) is 0 Å². The first-order valence-electron chi connectivity index (χ1n) is 22.5. The maximum atomic E-state index is 9.03. The van der Waals surface area contributed by atoms with Crippen molar-refractivity contribution in [2.24, 2.45) is 4.99 Å². The molecule has 316 valence electrons. The number of aliphatic imine (C=N–C) groups is 1. The standard InChI is InChI=1S/C61H42N6/c62-60(45-23-9-3-10-24-45)64-61(46-25-11-4-12-26-46)65-67-57-32-18-15-29-50(57)52-39-58-51(40-59(52)67)49-28-14-17-31-56(49)66(58)55-30-16-13-27-48(55)47-37-53(43-21-7-2-8-22-43)63-54(38-47)44-35-33-42(34-36-44)41-19-5-1-6-20-41/h1-40H,(H2,62,64,65). The molecule has 12 rings (SSSR count). The molecule has 3 aromatic heterocycles. The van der Waals surface area contributed by atoms with Crippen LogP contribution in [0.1, 0.15) is 11.1 Å². The third-order valence-corrected chi connectivity index (χ3v) is 12.6. The van der Waals surface area contributed by atoms with Gasteiger partial charge in [-0.15, -0.1) is 0 Å². The molecule has 0 aliphatic heterocycles. The molecule has 0 spiro atoms. The summed E-state index contributed by atoms with van der Waals surface area (Å²) in [5, 5.41) is 13.5. The molecule has 0 saturated carbocycles. The van der Waals surface area contributed by atoms with Crippen molar-refractivity contribution in [3.05, 3.63) is 254 Å². The number of nitrogens with zero attached hydrogens (tertiary/aromatic N) is 4. The quantitative estimate of drug-likeness (QED) is 0.118. The van der Waals surface area contributed by atoms with Gasteiger partial charge in [0.25, 0.3) is 0 Å². The minimum Gasteiger partial charge on any atom is -0.309 e. The predicted molar refractivity (Wildman–Crippen MR) is 279 cm³/mol. The van der Waals surface area contributed by atoms with Gasteiger partial charge in [0.2, 0.25) is 0 Å². The second-order valence-corrected chi connectivity index (χ2v) is 16.7. The monoisotopic (exact) mass is 858 g/mol. The van der Waals surface area contributed by atoms with Crippen molar-refractivity contribution >= 4 is 55.3 Å². The van der Waals surface area contributed by atoms with Gasteiger partial charge in [0, 0.05) is 49.4 Å². The largest absolute Gasteiger partial charge is 0.309 e. The van der Waals surface area contributed by atoms with E-state index in [1.54, 1.807) is 0 Å². The summed E-state index contributed by atoms with van der Waals surface area (Å²) in [5.74, 6) is 0.752. The molecule has 9 aromatic carbocycles. The van der Waals surface area contributed by atoms with Crippen LogP contribution in [-0.4, -0.2) is 25.9 Å². The van der Waals surface area contributed by atoms with Crippen LogP contribution >= 0.6 is 0 Å². The minimum atomic E-state index is 0.176. The molecule has 12 aromatic rings. The van der Waals surface area contributed by atoms with Crippen molar-refractivity contribution in [2.45, 2.75) is 0 Å². The van der Waals surface area contributed by atoms with Crippen LogP contribution in [0.15, 0.2) is 248 Å². The van der Waals surface area contributed by atoms with Crippen molar-refractivity contribution in [3.8, 4) is 50.5 Å². The van der Waals surface area contributed by atoms with E-state index in [1.165, 1.54) is 11.1 Å². The van der Waals surface area contributed by atoms with Gasteiger partial charge in [0.15, 0.2) is 11.7 Å². The summed E-state index contributed by atoms with van der Waals surface area (Å²) in [6.45, 7) is 0. The molecule has 0 bridgehead atoms. The molecule has 0 amide bonds. The fourth-order valence-corrected chi connectivity index (χ4v) is 9.41. The fraction of sp³-hybridized carbons (Fsp3) is 0. The number of hydrogen-bond donors (Lipinski definition) is 2. The van der Waals surface area contributed by atoms with Gasteiger partial charge in [-0.05, 0) is 59.2 Å². The topological polar surface area (TPSA) is 71.0 Å². The van der Waals surface area contributed by atoms with Gasteiger partial charge < -0.3 is 4.57 Å². The average Bonchev–Trinajstić information content (AvgIpc) is 3.89. The number of pyridine rings is 1. The maximum absolute atomic E-state index is 9.03. The number of hydrogen-bond acceptors (Lipinski definition) is 2. The first-order chi connectivity index (χ1) is 33.1. The molecule has 67 heavy (non-hydrogen) atoms. The van der Waals surface area contributed by atoms with Crippen LogP contribution in [0.25, 0.3) is 94.1 Å². The third kappa shape index (κ3) is 7.23. The highest BCUT2D eigenvalue weighted by Crippen LogP contribution is 2.41. The van der Waals surface area contributed by atoms with Gasteiger partial charge in [-0.1, -0.05) is 200 Å². The molecule has 2 N–H and O–H groups in total. The third-order valence-electron chi connectivity index (χ3n) is 12.6. The van der Waals surface area contributed by atoms with E-state index in [-0.39, 0.29) is 5.84 Å². The van der Waals surface area contributed by atoms with E-state index in [0.29, 0.717) is 5.84 Å². The first kappa shape index (κ1) is 39.5. The number of nitrogens with one attached hydrogen (secondary N) is 2. The first-order valence-corrected chi connectivity index (χ1v) is 22.5. The molecule has 0 aliphatic rings. The lowest BCUT2D eigenvalue weighted by Crippen LogP contribution is -2.25. The van der Waals surface area contributed by atoms with Gasteiger partial charge in [0.05, 0.1) is 39.1 Å². The lowest BCUT2D eigenvalue weighted by Gasteiger charge is -2.16. The van der Waals surface area contributed by atoms with Crippen molar-refractivity contribution in [1.29, 1.82) is 5.41 Å². The molecule has 0 saturated heterocycles. The van der Waals surface area contributed by atoms with E-state index in [1.807, 2.05) is 72.8 Å². The highest BCUT2D eigenvalue weighted by molar-refractivity contribution is 6.20. The van der Waals surface area contributed by atoms with Crippen LogP contribution < -0.4 is 5.43 Å². The zero-order chi connectivity index (χ0) is 44.7. The van der Waals surface area contributed by atoms with Gasteiger partial charge in [-0.2, -0.15) is 0 Å². The Balaban J connectivity index is 1.04. The minimum absolute atomic E-state index is 0.176. The highest BCUT2D eigenvalue weighted by atomic mass is 15.4. The van der Waals surface area contributed by atoms with Gasteiger partial charge in [0.1, 0.15) is 0 Å². The summed E-state index contributed by atoms with van der Waals surface area (Å²) in [7, 11) is 0. The fourth-order valence-electron chi connectivity index (χ4n) is 9.41. The Morgan fingerprint density at radius 2 is 0.866 bits per heavy atom. The number of rotatable bonds is 8. The molecule has 0 radical (unpaired) electrons. The molecule has 0 aliphatic carbocycles. The van der Waals surface area contributed by atoms with Gasteiger partial charge >= 0.3 is 0 Å². The van der Waals surface area contributed by atoms with E-state index in [9.17, 15) is 0 Å². The lowest BCUT2D eigenvalue weighted by atomic mass is 9.97. The number of amidine groups is 2. The Hall–Kier alpha value is -9.13. The van der Waals surface area contributed by atoms with Crippen LogP contribution in [0.2, 0.25) is 0 Å². The van der Waals surface area contributed by atoms with Crippen molar-refractivity contribution in [1.82, 2.24) is 14.2 Å². The van der Waals surface area contributed by atoms with Gasteiger partial charge in [-0.25, -0.2) is 9.98 Å². The summed E-state index contributed by atoms with van der Waals surface area (Å²) in [4.78, 5) is 10.2. The van der Waals surface area contributed by atoms with E-state index in [4.69, 9.17) is 15.4 Å². The number of fused-ring (bicyclic) bond motifs is 6. The highest BCUT2D eigenvalue weighted by Gasteiger charge is 2.21. The normalized spacial score (nSPS) is 11.7. The number of para-hydroxylation sites is 3. The molecule has 6 heteroatoms. The molecular formula is C61H42N6. The second kappa shape index (κ2) is 16.8. The van der Waals surface area contributed by atoms with Crippen LogP contribution in [0, 0.1) is 5.41 Å². The summed E-state index contributed by atoms with van der Waals surface area (Å²) in [5.41, 5.74) is 19.1. The summed E-state index contributed by atoms with van der Waals surface area (Å²) >= 11 is 0. The number of benzene rings is 9. The molecule has 0 fully saturated rings. The summed E-state index contributed by atoms with van der Waals surface area (Å²) in [6.07, 6.45) is 0. The van der Waals surface area contributed by atoms with Crippen LogP contribution in [0.4, 0.5) is 0 Å². The van der Waals surface area contributed by atoms with Crippen molar-refractivity contribution in [2.75, 3.05) is 5.43 Å². The summed E-state index contributed by atoms with van der Waals surface area (Å²) in [6, 6.07) is 84.4. The molecular weight excluding hydrogens is 817 g/mol. The zero-order valence-corrected chi connectivity index (χ0v) is 36.4. The van der Waals surface area contributed by atoms with E-state index in [2.05, 4.69) is 185 Å². The SMILES string of the molecule is N=C(/N=C(\Nn1c2ccccc2c2cc3c(cc21)c1ccccc1n3-c1ccccc1-c1cc(-c2ccccc2)nc(-c2ccc(-c3ccccc3)cc2)c1)c1ccccc1)c1ccccc1. The average molecular weight is 859 g/mol. The number of aromatic nitrogens is 3. The van der Waals surface area contributed by atoms with E-state index in [0.717, 1.165) is 94.1 Å². The summed E-state index contributed by atoms with van der Waals surface area (Å²) < 4.78 is 4.55. The lowest BCUT2D eigenvalue weighted by molar-refractivity contribution is 1.08. The molecule has 6 nitrogen and oxygen atoms in total. The Labute approximate surface area is 387 Å². The van der Waals surface area contributed by atoms with Crippen molar-refractivity contribution < 1.29 is 0 Å². The maximum Gasteiger partial charge on any atom is 0.154 e. The van der Waals surface area contributed by atoms with Crippen LogP contribution in [-0.2, 0) is 0 Å². The molecule has 0 atom stereocenters. The predicted octanol–water partition coefficient (Wildman–Crippen LogP) is 15.0. The molecule has 3 heterocycles. The zero-order valence-electron chi connectivity index (χ0n) is 36.4. The smallest absolute Gasteiger partial charge is 0.154 e. The Morgan fingerprint density at radius 3 is 1.55 bits per heavy atom. The van der Waals surface area contributed by atoms with E-state index < -0.39 is 0 Å². The van der Waals surface area contributed by atoms with E-state index >= 15 is 0 Å². The second-order valence-electron chi connectivity index (χ2n) is 16.7. The van der Waals surface area contributed by atoms with Crippen LogP contribution in [0.5, 0.6) is 0 Å². The Kier molecular flexibility index (Phi) is 9.88. The van der Waals surface area contributed by atoms with Gasteiger partial charge in [-0.3, -0.25) is 15.5 Å². The Morgan fingerprint density at radius 1 is 0.388 bits per heavy atom. The Bertz CT molecular complexity index is 3810.